The van der Waals surface area contributed by atoms with E-state index in [1.165, 1.54) is 5.56 Å². The van der Waals surface area contributed by atoms with Crippen LogP contribution in [-0.2, 0) is 4.79 Å². The topological polar surface area (TPSA) is 87.0 Å². The molecule has 0 bridgehead atoms. The third-order valence-corrected chi connectivity index (χ3v) is 8.42. The van der Waals surface area contributed by atoms with Crippen molar-refractivity contribution in [2.45, 2.75) is 50.5 Å². The van der Waals surface area contributed by atoms with Crippen LogP contribution in [0.15, 0.2) is 42.6 Å². The van der Waals surface area contributed by atoms with Crippen molar-refractivity contribution < 1.29 is 4.79 Å². The molecule has 1 saturated heterocycles. The maximum absolute atomic E-state index is 12.4. The molecule has 1 amide bonds. The van der Waals surface area contributed by atoms with Gasteiger partial charge in [0.2, 0.25) is 5.91 Å². The predicted octanol–water partition coefficient (Wildman–Crippen LogP) is 6.02. The molecule has 2 fully saturated rings. The summed E-state index contributed by atoms with van der Waals surface area (Å²) in [6.45, 7) is 3.40. The third kappa shape index (κ3) is 6.05. The highest BCUT2D eigenvalue weighted by atomic mass is 35.5. The highest BCUT2D eigenvalue weighted by Crippen LogP contribution is 2.34. The number of fused-ring (bicyclic) bond motifs is 1. The van der Waals surface area contributed by atoms with Crippen LogP contribution in [0.1, 0.15) is 55.6 Å². The number of nitrogens with one attached hydrogen (secondary N) is 2. The molecular weight excluding hydrogens is 493 g/mol. The highest BCUT2D eigenvalue weighted by molar-refractivity contribution is 6.42. The fourth-order valence-corrected chi connectivity index (χ4v) is 5.97. The molecule has 0 radical (unpaired) electrons. The lowest BCUT2D eigenvalue weighted by atomic mass is 9.84. The van der Waals surface area contributed by atoms with Gasteiger partial charge in [0.25, 0.3) is 0 Å². The number of likely N-dealkylation sites (tertiary alicyclic amines) is 1. The molecule has 0 spiro atoms. The van der Waals surface area contributed by atoms with Crippen LogP contribution in [0.25, 0.3) is 17.1 Å². The number of nitrogen functional groups attached to an aromatic ring is 1. The van der Waals surface area contributed by atoms with E-state index in [9.17, 15) is 4.79 Å². The molecule has 1 aromatic carbocycles. The first-order valence-electron chi connectivity index (χ1n) is 12.8. The molecule has 3 heterocycles. The highest BCUT2D eigenvalue weighted by Gasteiger charge is 2.27. The van der Waals surface area contributed by atoms with Crippen molar-refractivity contribution in [1.29, 1.82) is 0 Å². The minimum Gasteiger partial charge on any atom is -0.384 e. The van der Waals surface area contributed by atoms with E-state index in [1.807, 2.05) is 18.2 Å². The molecule has 0 atom stereocenters. The van der Waals surface area contributed by atoms with E-state index in [1.54, 1.807) is 24.3 Å². The maximum atomic E-state index is 12.4. The Morgan fingerprint density at radius 2 is 1.86 bits per heavy atom. The number of halogens is 2. The van der Waals surface area contributed by atoms with Gasteiger partial charge in [-0.25, -0.2) is 4.98 Å². The van der Waals surface area contributed by atoms with Crippen LogP contribution in [0.3, 0.4) is 0 Å². The Morgan fingerprint density at radius 1 is 1.08 bits per heavy atom. The number of carbonyl (C=O) groups excluding carboxylic acids is 1. The summed E-state index contributed by atoms with van der Waals surface area (Å²) in [6, 6.07) is 9.45. The van der Waals surface area contributed by atoms with Gasteiger partial charge in [-0.05, 0) is 105 Å². The Balaban J connectivity index is 1.04. The van der Waals surface area contributed by atoms with Gasteiger partial charge in [-0.15, -0.1) is 0 Å². The quantitative estimate of drug-likeness (QED) is 0.343. The second-order valence-electron chi connectivity index (χ2n) is 10.2. The Labute approximate surface area is 222 Å². The Morgan fingerprint density at radius 3 is 2.61 bits per heavy atom. The van der Waals surface area contributed by atoms with Crippen molar-refractivity contribution in [2.24, 2.45) is 5.92 Å². The number of aromatic nitrogens is 2. The normalized spacial score (nSPS) is 21.8. The first-order chi connectivity index (χ1) is 17.4. The number of piperidine rings is 1. The van der Waals surface area contributed by atoms with Gasteiger partial charge in [0, 0.05) is 24.9 Å². The number of nitrogens with two attached hydrogens (primary N) is 1. The number of amides is 1. The second-order valence-corrected chi connectivity index (χ2v) is 11.0. The Bertz CT molecular complexity index is 1240. The summed E-state index contributed by atoms with van der Waals surface area (Å²) >= 11 is 12.0. The number of rotatable bonds is 6. The van der Waals surface area contributed by atoms with Gasteiger partial charge in [-0.3, -0.25) is 4.79 Å². The minimum absolute atomic E-state index is 0.0554. The van der Waals surface area contributed by atoms with Gasteiger partial charge in [-0.1, -0.05) is 29.3 Å². The lowest BCUT2D eigenvalue weighted by Crippen LogP contribution is -2.41. The number of nitrogens with zero attached hydrogens (tertiary/aromatic N) is 2. The van der Waals surface area contributed by atoms with Crippen LogP contribution in [0.2, 0.25) is 10.0 Å². The molecule has 8 heteroatoms. The van der Waals surface area contributed by atoms with Crippen LogP contribution in [-0.4, -0.2) is 46.5 Å². The number of benzene rings is 1. The largest absolute Gasteiger partial charge is 0.384 e. The first-order valence-corrected chi connectivity index (χ1v) is 13.6. The fraction of sp³-hybridized carbons (Fsp3) is 0.429. The summed E-state index contributed by atoms with van der Waals surface area (Å²) in [5.74, 6) is 1.76. The van der Waals surface area contributed by atoms with Crippen LogP contribution >= 0.6 is 23.2 Å². The summed E-state index contributed by atoms with van der Waals surface area (Å²) in [4.78, 5) is 22.9. The Hall–Kier alpha value is -2.54. The predicted molar refractivity (Wildman–Crippen MR) is 148 cm³/mol. The molecule has 4 N–H and O–H groups in total. The first kappa shape index (κ1) is 25.1. The smallest absolute Gasteiger partial charge is 0.244 e. The second kappa shape index (κ2) is 11.2. The molecule has 6 nitrogen and oxygen atoms in total. The molecule has 36 heavy (non-hydrogen) atoms. The van der Waals surface area contributed by atoms with E-state index >= 15 is 0 Å². The lowest BCUT2D eigenvalue weighted by molar-refractivity contribution is -0.117. The van der Waals surface area contributed by atoms with E-state index in [2.05, 4.69) is 26.4 Å². The molecule has 3 aromatic rings. The van der Waals surface area contributed by atoms with Gasteiger partial charge in [0.1, 0.15) is 5.82 Å². The molecule has 190 valence electrons. The average Bonchev–Trinajstić information content (AvgIpc) is 3.29. The van der Waals surface area contributed by atoms with E-state index in [0.29, 0.717) is 27.7 Å². The van der Waals surface area contributed by atoms with E-state index in [-0.39, 0.29) is 11.9 Å². The number of pyridine rings is 1. The molecule has 1 saturated carbocycles. The van der Waals surface area contributed by atoms with Crippen molar-refractivity contribution in [2.75, 3.05) is 25.4 Å². The molecule has 2 aliphatic rings. The van der Waals surface area contributed by atoms with E-state index < -0.39 is 0 Å². The van der Waals surface area contributed by atoms with Gasteiger partial charge in [0.05, 0.1) is 21.1 Å². The summed E-state index contributed by atoms with van der Waals surface area (Å²) in [5.41, 5.74) is 10.2. The maximum Gasteiger partial charge on any atom is 0.244 e. The molecule has 0 unspecified atom stereocenters. The number of anilines is 1. The van der Waals surface area contributed by atoms with Crippen LogP contribution in [0.4, 0.5) is 5.82 Å². The Kier molecular flexibility index (Phi) is 7.85. The molecule has 1 aliphatic heterocycles. The van der Waals surface area contributed by atoms with Crippen molar-refractivity contribution in [3.8, 4) is 0 Å². The monoisotopic (exact) mass is 525 g/mol. The molecular formula is C28H33Cl2N5O. The number of hydrogen-bond acceptors (Lipinski definition) is 4. The summed E-state index contributed by atoms with van der Waals surface area (Å²) in [5, 5.41) is 4.16. The lowest BCUT2D eigenvalue weighted by Gasteiger charge is -2.36. The van der Waals surface area contributed by atoms with Crippen molar-refractivity contribution in [3.63, 3.8) is 0 Å². The zero-order valence-corrected chi connectivity index (χ0v) is 21.9. The van der Waals surface area contributed by atoms with Gasteiger partial charge < -0.3 is 20.9 Å². The molecule has 2 aromatic heterocycles. The summed E-state index contributed by atoms with van der Waals surface area (Å²) in [7, 11) is 0. The minimum atomic E-state index is -0.0554. The molecule has 1 aliphatic carbocycles. The van der Waals surface area contributed by atoms with Gasteiger partial charge in [-0.2, -0.15) is 0 Å². The van der Waals surface area contributed by atoms with Crippen molar-refractivity contribution in [1.82, 2.24) is 20.2 Å². The number of H-pyrrole nitrogens is 1. The van der Waals surface area contributed by atoms with Gasteiger partial charge >= 0.3 is 0 Å². The summed E-state index contributed by atoms with van der Waals surface area (Å²) < 4.78 is 0. The standard InChI is InChI=1S/C28H33Cl2N5O/c29-23-7-3-18(15-24(23)30)4-10-27(36)33-21-5-1-19(2-6-21)17-35-13-11-20(12-14-35)22-16-32-25-8-9-26(31)34-28(22)25/h3-4,7-10,15-16,19-21,32H,1-2,5-6,11-14,17H2,(H2,31,34)(H,33,36)/b10-4+. The third-order valence-electron chi connectivity index (χ3n) is 7.68. The average molecular weight is 527 g/mol. The van der Waals surface area contributed by atoms with Gasteiger partial charge in [0.15, 0.2) is 0 Å². The molecule has 5 rings (SSSR count). The van der Waals surface area contributed by atoms with Crippen molar-refractivity contribution in [3.05, 3.63) is 63.8 Å². The number of hydrogen-bond donors (Lipinski definition) is 3. The van der Waals surface area contributed by atoms with Crippen molar-refractivity contribution >= 4 is 52.0 Å². The number of aromatic amines is 1. The summed E-state index contributed by atoms with van der Waals surface area (Å²) in [6.07, 6.45) is 12.2. The van der Waals surface area contributed by atoms with Crippen LogP contribution in [0, 0.1) is 5.92 Å². The van der Waals surface area contributed by atoms with E-state index in [0.717, 1.165) is 74.8 Å². The number of carbonyl (C=O) groups is 1. The van der Waals surface area contributed by atoms with E-state index in [4.69, 9.17) is 28.9 Å². The van der Waals surface area contributed by atoms with Crippen LogP contribution in [0.5, 0.6) is 0 Å². The van der Waals surface area contributed by atoms with Crippen LogP contribution < -0.4 is 11.1 Å². The zero-order valence-electron chi connectivity index (χ0n) is 20.4. The zero-order chi connectivity index (χ0) is 25.1. The SMILES string of the molecule is Nc1ccc2[nH]cc(C3CCN(CC4CCC(NC(=O)/C=C/c5ccc(Cl)c(Cl)c5)CC4)CC3)c2n1. The fourth-order valence-electron chi connectivity index (χ4n) is 5.66.